The van der Waals surface area contributed by atoms with Crippen LogP contribution >= 0.6 is 28.3 Å². The normalized spacial score (nSPS) is 13.5. The van der Waals surface area contributed by atoms with E-state index in [4.69, 9.17) is 15.2 Å². The molecule has 0 heterocycles. The fraction of sp³-hybridized carbons (Fsp3) is 0.455. The van der Waals surface area contributed by atoms with Crippen LogP contribution in [0.4, 0.5) is 0 Å². The largest absolute Gasteiger partial charge is 0.493 e. The number of hydrogen-bond acceptors (Lipinski definition) is 4. The van der Waals surface area contributed by atoms with Gasteiger partial charge in [-0.1, -0.05) is 15.9 Å². The van der Waals surface area contributed by atoms with E-state index in [0.29, 0.717) is 11.5 Å². The lowest BCUT2D eigenvalue weighted by Gasteiger charge is -2.19. The lowest BCUT2D eigenvalue weighted by atomic mass is 10.0. The van der Waals surface area contributed by atoms with Crippen molar-refractivity contribution in [2.75, 3.05) is 14.2 Å². The average molecular weight is 327 g/mol. The number of benzene rings is 1. The van der Waals surface area contributed by atoms with E-state index in [1.165, 1.54) is 0 Å². The minimum Gasteiger partial charge on any atom is -0.493 e. The van der Waals surface area contributed by atoms with Crippen molar-refractivity contribution >= 4 is 28.3 Å². The van der Waals surface area contributed by atoms with Crippen LogP contribution in [-0.2, 0) is 0 Å². The number of nitrogens with two attached hydrogens (primary N) is 1. The van der Waals surface area contributed by atoms with E-state index in [1.807, 2.05) is 0 Å². The standard InChI is InChI=1S/C11H16BrNO3.ClH/c1-6(14)11(13)7-4-9(15-2)10(16-3)5-8(7)12;/h4-6,11,14H,13H2,1-3H3;1H/t6-,11-;/m0./s1. The van der Waals surface area contributed by atoms with Crippen LogP contribution in [0.15, 0.2) is 16.6 Å². The molecule has 0 aliphatic carbocycles. The molecule has 3 N–H and O–H groups in total. The van der Waals surface area contributed by atoms with Gasteiger partial charge in [-0.25, -0.2) is 0 Å². The Labute approximate surface area is 116 Å². The molecule has 2 atom stereocenters. The highest BCUT2D eigenvalue weighted by atomic mass is 79.9. The lowest BCUT2D eigenvalue weighted by molar-refractivity contribution is 0.164. The maximum atomic E-state index is 9.47. The first kappa shape index (κ1) is 16.5. The molecule has 1 aromatic carbocycles. The Balaban J connectivity index is 0.00000256. The summed E-state index contributed by atoms with van der Waals surface area (Å²) in [6, 6.07) is 3.07. The third kappa shape index (κ3) is 3.74. The van der Waals surface area contributed by atoms with Gasteiger partial charge >= 0.3 is 0 Å². The minimum atomic E-state index is -0.630. The SMILES string of the molecule is COc1cc(Br)c([C@@H](N)[C@H](C)O)cc1OC.Cl. The molecule has 0 aliphatic heterocycles. The summed E-state index contributed by atoms with van der Waals surface area (Å²) in [6.07, 6.45) is -0.630. The quantitative estimate of drug-likeness (QED) is 0.891. The van der Waals surface area contributed by atoms with Crippen LogP contribution < -0.4 is 15.2 Å². The molecule has 98 valence electrons. The van der Waals surface area contributed by atoms with Crippen molar-refractivity contribution in [3.63, 3.8) is 0 Å². The van der Waals surface area contributed by atoms with Gasteiger partial charge in [0.05, 0.1) is 26.4 Å². The second-order valence-electron chi connectivity index (χ2n) is 3.50. The summed E-state index contributed by atoms with van der Waals surface area (Å²) in [5.41, 5.74) is 6.66. The summed E-state index contributed by atoms with van der Waals surface area (Å²) < 4.78 is 11.1. The minimum absolute atomic E-state index is 0. The van der Waals surface area contributed by atoms with E-state index in [-0.39, 0.29) is 12.4 Å². The second-order valence-corrected chi connectivity index (χ2v) is 4.35. The van der Waals surface area contributed by atoms with E-state index in [0.717, 1.165) is 10.0 Å². The van der Waals surface area contributed by atoms with Gasteiger partial charge in [0.1, 0.15) is 0 Å². The maximum Gasteiger partial charge on any atom is 0.161 e. The first-order valence-corrected chi connectivity index (χ1v) is 5.65. The molecule has 0 aromatic heterocycles. The number of rotatable bonds is 4. The Morgan fingerprint density at radius 3 is 2.12 bits per heavy atom. The van der Waals surface area contributed by atoms with Gasteiger partial charge in [0.15, 0.2) is 11.5 Å². The van der Waals surface area contributed by atoms with Crippen molar-refractivity contribution in [3.05, 3.63) is 22.2 Å². The van der Waals surface area contributed by atoms with Gasteiger partial charge in [-0.05, 0) is 24.6 Å². The van der Waals surface area contributed by atoms with Crippen LogP contribution in [0.1, 0.15) is 18.5 Å². The summed E-state index contributed by atoms with van der Waals surface area (Å²) in [6.45, 7) is 1.65. The van der Waals surface area contributed by atoms with Gasteiger partial charge in [0.25, 0.3) is 0 Å². The van der Waals surface area contributed by atoms with Crippen LogP contribution in [0.2, 0.25) is 0 Å². The molecule has 4 nitrogen and oxygen atoms in total. The Hall–Kier alpha value is -0.490. The number of ether oxygens (including phenoxy) is 2. The van der Waals surface area contributed by atoms with E-state index in [2.05, 4.69) is 15.9 Å². The Kier molecular flexibility index (Phi) is 6.85. The molecule has 0 saturated heterocycles. The molecule has 17 heavy (non-hydrogen) atoms. The molecule has 0 bridgehead atoms. The van der Waals surface area contributed by atoms with Crippen molar-refractivity contribution in [1.29, 1.82) is 0 Å². The van der Waals surface area contributed by atoms with E-state index < -0.39 is 12.1 Å². The summed E-state index contributed by atoms with van der Waals surface area (Å²) in [4.78, 5) is 0. The van der Waals surface area contributed by atoms with Crippen molar-refractivity contribution in [1.82, 2.24) is 0 Å². The van der Waals surface area contributed by atoms with Gasteiger partial charge in [-0.2, -0.15) is 0 Å². The fourth-order valence-electron chi connectivity index (χ4n) is 1.39. The van der Waals surface area contributed by atoms with E-state index in [9.17, 15) is 5.11 Å². The number of aliphatic hydroxyl groups is 1. The number of hydrogen-bond donors (Lipinski definition) is 2. The van der Waals surface area contributed by atoms with Gasteiger partial charge in [0.2, 0.25) is 0 Å². The van der Waals surface area contributed by atoms with E-state index >= 15 is 0 Å². The molecule has 0 saturated carbocycles. The summed E-state index contributed by atoms with van der Waals surface area (Å²) in [5.74, 6) is 1.22. The molecule has 0 spiro atoms. The molecule has 0 unspecified atom stereocenters. The van der Waals surface area contributed by atoms with Crippen LogP contribution in [0.25, 0.3) is 0 Å². The van der Waals surface area contributed by atoms with Crippen molar-refractivity contribution in [3.8, 4) is 11.5 Å². The molecule has 0 aliphatic rings. The Morgan fingerprint density at radius 2 is 1.71 bits per heavy atom. The zero-order valence-corrected chi connectivity index (χ0v) is 12.3. The third-order valence-corrected chi connectivity index (χ3v) is 3.07. The summed E-state index contributed by atoms with van der Waals surface area (Å²) >= 11 is 3.39. The van der Waals surface area contributed by atoms with E-state index in [1.54, 1.807) is 33.3 Å². The highest BCUT2D eigenvalue weighted by Crippen LogP contribution is 2.36. The predicted octanol–water partition coefficient (Wildman–Crippen LogP) is 2.27. The smallest absolute Gasteiger partial charge is 0.161 e. The average Bonchev–Trinajstić information content (AvgIpc) is 2.27. The predicted molar refractivity (Wildman–Crippen MR) is 73.1 cm³/mol. The molecular weight excluding hydrogens is 309 g/mol. The monoisotopic (exact) mass is 325 g/mol. The molecular formula is C11H17BrClNO3. The Morgan fingerprint density at radius 1 is 1.24 bits per heavy atom. The van der Waals surface area contributed by atoms with Crippen molar-refractivity contribution in [2.24, 2.45) is 5.73 Å². The lowest BCUT2D eigenvalue weighted by Crippen LogP contribution is -2.23. The van der Waals surface area contributed by atoms with Crippen molar-refractivity contribution in [2.45, 2.75) is 19.1 Å². The molecule has 1 rings (SSSR count). The highest BCUT2D eigenvalue weighted by molar-refractivity contribution is 9.10. The topological polar surface area (TPSA) is 64.7 Å². The fourth-order valence-corrected chi connectivity index (χ4v) is 1.97. The highest BCUT2D eigenvalue weighted by Gasteiger charge is 2.18. The van der Waals surface area contributed by atoms with Gasteiger partial charge in [-0.3, -0.25) is 0 Å². The first-order chi connectivity index (χ1) is 7.51. The van der Waals surface area contributed by atoms with Gasteiger partial charge in [0, 0.05) is 4.47 Å². The van der Waals surface area contributed by atoms with Crippen LogP contribution in [0.5, 0.6) is 11.5 Å². The molecule has 0 fully saturated rings. The third-order valence-electron chi connectivity index (χ3n) is 2.38. The zero-order valence-electron chi connectivity index (χ0n) is 9.94. The number of aliphatic hydroxyl groups excluding tert-OH is 1. The molecule has 0 radical (unpaired) electrons. The van der Waals surface area contributed by atoms with Crippen LogP contribution in [0, 0.1) is 0 Å². The van der Waals surface area contributed by atoms with Gasteiger partial charge < -0.3 is 20.3 Å². The second kappa shape index (κ2) is 7.06. The van der Waals surface area contributed by atoms with Crippen LogP contribution in [-0.4, -0.2) is 25.4 Å². The molecule has 6 heteroatoms. The van der Waals surface area contributed by atoms with Crippen LogP contribution in [0.3, 0.4) is 0 Å². The molecule has 1 aromatic rings. The first-order valence-electron chi connectivity index (χ1n) is 4.86. The number of halogens is 2. The summed E-state index contributed by atoms with van der Waals surface area (Å²) in [5, 5.41) is 9.47. The summed E-state index contributed by atoms with van der Waals surface area (Å²) in [7, 11) is 3.13. The number of methoxy groups -OCH3 is 2. The zero-order chi connectivity index (χ0) is 12.3. The van der Waals surface area contributed by atoms with Gasteiger partial charge in [-0.15, -0.1) is 12.4 Å². The maximum absolute atomic E-state index is 9.47. The molecule has 0 amide bonds. The Bertz CT molecular complexity index is 374. The van der Waals surface area contributed by atoms with Crippen molar-refractivity contribution < 1.29 is 14.6 Å².